The van der Waals surface area contributed by atoms with E-state index in [1.54, 1.807) is 12.3 Å². The van der Waals surface area contributed by atoms with E-state index in [0.717, 1.165) is 22.4 Å². The molecule has 2 N–H and O–H groups in total. The first-order valence-corrected chi connectivity index (χ1v) is 6.15. The predicted molar refractivity (Wildman–Crippen MR) is 73.6 cm³/mol. The van der Waals surface area contributed by atoms with Gasteiger partial charge in [-0.25, -0.2) is 9.37 Å². The fourth-order valence-corrected chi connectivity index (χ4v) is 2.28. The number of nitrogens with two attached hydrogens (primary N) is 1. The molecule has 2 heterocycles. The molecule has 3 nitrogen and oxygen atoms in total. The Hall–Kier alpha value is -2.20. The van der Waals surface area contributed by atoms with Crippen LogP contribution in [0.5, 0.6) is 0 Å². The van der Waals surface area contributed by atoms with Gasteiger partial charge in [0.25, 0.3) is 0 Å². The summed E-state index contributed by atoms with van der Waals surface area (Å²) in [5.74, 6) is -0.272. The van der Waals surface area contributed by atoms with Crippen LogP contribution in [0.15, 0.2) is 48.7 Å². The van der Waals surface area contributed by atoms with Crippen molar-refractivity contribution >= 4 is 11.0 Å². The van der Waals surface area contributed by atoms with Crippen molar-refractivity contribution in [2.75, 3.05) is 0 Å². The molecule has 3 rings (SSSR count). The molecule has 0 aliphatic rings. The molecule has 96 valence electrons. The fraction of sp³-hybridized carbons (Fsp3) is 0.133. The van der Waals surface area contributed by atoms with Crippen LogP contribution in [0, 0.1) is 5.82 Å². The van der Waals surface area contributed by atoms with Gasteiger partial charge in [0.2, 0.25) is 0 Å². The van der Waals surface area contributed by atoms with Gasteiger partial charge in [0.15, 0.2) is 0 Å². The highest BCUT2D eigenvalue weighted by Crippen LogP contribution is 2.26. The highest BCUT2D eigenvalue weighted by atomic mass is 19.1. The lowest BCUT2D eigenvalue weighted by Gasteiger charge is -2.12. The molecule has 0 radical (unpaired) electrons. The number of hydrogen-bond donors (Lipinski definition) is 1. The quantitative estimate of drug-likeness (QED) is 0.764. The van der Waals surface area contributed by atoms with Gasteiger partial charge in [-0.15, -0.1) is 0 Å². The molecule has 2 aromatic heterocycles. The van der Waals surface area contributed by atoms with Gasteiger partial charge in [-0.3, -0.25) is 4.57 Å². The monoisotopic (exact) mass is 255 g/mol. The molecule has 19 heavy (non-hydrogen) atoms. The molecule has 0 aliphatic heterocycles. The summed E-state index contributed by atoms with van der Waals surface area (Å²) >= 11 is 0. The molecule has 0 spiro atoms. The van der Waals surface area contributed by atoms with Gasteiger partial charge >= 0.3 is 0 Å². The number of nitrogens with zero attached hydrogens (tertiary/aromatic N) is 2. The number of fused-ring (bicyclic) bond motifs is 1. The number of pyridine rings is 1. The van der Waals surface area contributed by atoms with Crippen LogP contribution in [0.2, 0.25) is 0 Å². The van der Waals surface area contributed by atoms with E-state index >= 15 is 0 Å². The fourth-order valence-electron chi connectivity index (χ4n) is 2.28. The summed E-state index contributed by atoms with van der Waals surface area (Å²) in [7, 11) is 0. The summed E-state index contributed by atoms with van der Waals surface area (Å²) in [4.78, 5) is 4.38. The second-order valence-corrected chi connectivity index (χ2v) is 4.59. The van der Waals surface area contributed by atoms with Crippen molar-refractivity contribution in [3.63, 3.8) is 0 Å². The third-order valence-electron chi connectivity index (χ3n) is 3.12. The Bertz CT molecular complexity index is 731. The lowest BCUT2D eigenvalue weighted by atomic mass is 10.2. The average Bonchev–Trinajstić information content (AvgIpc) is 2.78. The van der Waals surface area contributed by atoms with Crippen molar-refractivity contribution in [2.45, 2.75) is 13.0 Å². The van der Waals surface area contributed by atoms with Crippen LogP contribution in [-0.2, 0) is 0 Å². The van der Waals surface area contributed by atoms with Crippen molar-refractivity contribution in [1.29, 1.82) is 0 Å². The van der Waals surface area contributed by atoms with E-state index in [4.69, 9.17) is 5.73 Å². The topological polar surface area (TPSA) is 43.8 Å². The van der Waals surface area contributed by atoms with Crippen LogP contribution in [0.1, 0.15) is 18.7 Å². The zero-order valence-electron chi connectivity index (χ0n) is 10.5. The number of benzene rings is 1. The molecule has 0 aliphatic carbocycles. The smallest absolute Gasteiger partial charge is 0.144 e. The largest absolute Gasteiger partial charge is 0.323 e. The van der Waals surface area contributed by atoms with Gasteiger partial charge in [-0.05, 0) is 43.3 Å². The van der Waals surface area contributed by atoms with Crippen LogP contribution in [0.4, 0.5) is 4.39 Å². The summed E-state index contributed by atoms with van der Waals surface area (Å²) in [6.07, 6.45) is 1.73. The molecule has 0 amide bonds. The standard InChI is InChI=1S/C15H14FN3/c1-10(17)14-8-11-4-3-7-18-15(11)19(14)13-6-2-5-12(16)9-13/h2-10H,17H2,1H3. The Kier molecular flexibility index (Phi) is 2.80. The van der Waals surface area contributed by atoms with Gasteiger partial charge in [0.1, 0.15) is 11.5 Å². The normalized spacial score (nSPS) is 12.8. The molecular weight excluding hydrogens is 241 g/mol. The molecule has 4 heteroatoms. The third-order valence-corrected chi connectivity index (χ3v) is 3.12. The minimum absolute atomic E-state index is 0.155. The lowest BCUT2D eigenvalue weighted by Crippen LogP contribution is -2.11. The van der Waals surface area contributed by atoms with Crippen LogP contribution >= 0.6 is 0 Å². The number of aromatic nitrogens is 2. The van der Waals surface area contributed by atoms with E-state index in [1.807, 2.05) is 35.8 Å². The second-order valence-electron chi connectivity index (χ2n) is 4.59. The first kappa shape index (κ1) is 11.9. The molecular formula is C15H14FN3. The van der Waals surface area contributed by atoms with E-state index < -0.39 is 0 Å². The van der Waals surface area contributed by atoms with Crippen LogP contribution in [-0.4, -0.2) is 9.55 Å². The summed E-state index contributed by atoms with van der Waals surface area (Å²) in [6.45, 7) is 1.91. The Labute approximate surface area is 110 Å². The first-order valence-electron chi connectivity index (χ1n) is 6.15. The van der Waals surface area contributed by atoms with Gasteiger partial charge in [0, 0.05) is 23.3 Å². The molecule has 1 unspecified atom stereocenters. The molecule has 0 saturated heterocycles. The van der Waals surface area contributed by atoms with Crippen molar-refractivity contribution in [3.8, 4) is 5.69 Å². The first-order chi connectivity index (χ1) is 9.16. The van der Waals surface area contributed by atoms with E-state index in [2.05, 4.69) is 4.98 Å². The predicted octanol–water partition coefficient (Wildman–Crippen LogP) is 3.18. The number of hydrogen-bond acceptors (Lipinski definition) is 2. The zero-order chi connectivity index (χ0) is 13.4. The van der Waals surface area contributed by atoms with Gasteiger partial charge in [-0.1, -0.05) is 6.07 Å². The Balaban J connectivity index is 2.34. The maximum Gasteiger partial charge on any atom is 0.144 e. The maximum atomic E-state index is 13.4. The molecule has 0 saturated carbocycles. The highest BCUT2D eigenvalue weighted by molar-refractivity contribution is 5.79. The van der Waals surface area contributed by atoms with Crippen molar-refractivity contribution in [2.24, 2.45) is 5.73 Å². The minimum atomic E-state index is -0.272. The van der Waals surface area contributed by atoms with Crippen molar-refractivity contribution in [1.82, 2.24) is 9.55 Å². The third kappa shape index (κ3) is 2.00. The van der Waals surface area contributed by atoms with Crippen LogP contribution in [0.25, 0.3) is 16.7 Å². The molecule has 0 bridgehead atoms. The van der Waals surface area contributed by atoms with Crippen molar-refractivity contribution in [3.05, 3.63) is 60.2 Å². The molecule has 1 aromatic carbocycles. The van der Waals surface area contributed by atoms with Crippen LogP contribution < -0.4 is 5.73 Å². The molecule has 3 aromatic rings. The van der Waals surface area contributed by atoms with Crippen LogP contribution in [0.3, 0.4) is 0 Å². The van der Waals surface area contributed by atoms with Crippen molar-refractivity contribution < 1.29 is 4.39 Å². The van der Waals surface area contributed by atoms with E-state index in [-0.39, 0.29) is 11.9 Å². The molecule has 1 atom stereocenters. The number of halogens is 1. The molecule has 0 fully saturated rings. The lowest BCUT2D eigenvalue weighted by molar-refractivity contribution is 0.626. The Morgan fingerprint density at radius 3 is 2.79 bits per heavy atom. The minimum Gasteiger partial charge on any atom is -0.323 e. The van der Waals surface area contributed by atoms with Gasteiger partial charge in [-0.2, -0.15) is 0 Å². The van der Waals surface area contributed by atoms with E-state index in [9.17, 15) is 4.39 Å². The average molecular weight is 255 g/mol. The van der Waals surface area contributed by atoms with Gasteiger partial charge in [0.05, 0.1) is 5.69 Å². The second kappa shape index (κ2) is 4.48. The summed E-state index contributed by atoms with van der Waals surface area (Å²) in [5, 5.41) is 0.999. The van der Waals surface area contributed by atoms with E-state index in [0.29, 0.717) is 0 Å². The van der Waals surface area contributed by atoms with E-state index in [1.165, 1.54) is 12.1 Å². The summed E-state index contributed by atoms with van der Waals surface area (Å²) < 4.78 is 15.3. The maximum absolute atomic E-state index is 13.4. The Morgan fingerprint density at radius 1 is 1.21 bits per heavy atom. The highest BCUT2D eigenvalue weighted by Gasteiger charge is 2.14. The summed E-state index contributed by atoms with van der Waals surface area (Å²) in [6, 6.07) is 12.1. The Morgan fingerprint density at radius 2 is 2.05 bits per heavy atom. The SMILES string of the molecule is CC(N)c1cc2cccnc2n1-c1cccc(F)c1. The zero-order valence-corrected chi connectivity index (χ0v) is 10.5. The summed E-state index contributed by atoms with van der Waals surface area (Å²) in [5.41, 5.74) is 8.46. The van der Waals surface area contributed by atoms with Gasteiger partial charge < -0.3 is 5.73 Å². The number of rotatable bonds is 2.